The highest BCUT2D eigenvalue weighted by atomic mass is 32.1. The largest absolute Gasteiger partial charge is 0.477 e. The smallest absolute Gasteiger partial charge is 0.347 e. The number of nitrogens with zero attached hydrogens (tertiary/aromatic N) is 1. The number of rotatable bonds is 6. The Morgan fingerprint density at radius 2 is 2.25 bits per heavy atom. The van der Waals surface area contributed by atoms with Gasteiger partial charge in [-0.15, -0.1) is 11.3 Å². The van der Waals surface area contributed by atoms with Crippen molar-refractivity contribution in [3.63, 3.8) is 0 Å². The topological polar surface area (TPSA) is 76.2 Å². The summed E-state index contributed by atoms with van der Waals surface area (Å²) in [5, 5.41) is 10.0. The minimum atomic E-state index is -0.829. The minimum absolute atomic E-state index is 0.408. The predicted molar refractivity (Wildman–Crippen MR) is 63.0 cm³/mol. The lowest BCUT2D eigenvalue weighted by molar-refractivity contribution is 0.0700. The summed E-state index contributed by atoms with van der Waals surface area (Å²) < 4.78 is 0. The lowest BCUT2D eigenvalue weighted by Crippen LogP contribution is -1.99. The number of aromatic carboxylic acids is 1. The number of aryl methyl sites for hydroxylation is 1. The molecule has 3 N–H and O–H groups in total. The number of nitrogens with two attached hydrogens (primary N) is 1. The Labute approximate surface area is 98.5 Å². The second-order valence-electron chi connectivity index (χ2n) is 4.15. The molecule has 0 unspecified atom stereocenters. The summed E-state index contributed by atoms with van der Waals surface area (Å²) in [4.78, 5) is 16.0. The average molecular weight is 240 g/mol. The van der Waals surface area contributed by atoms with E-state index < -0.39 is 5.97 Å². The normalized spacial score (nSPS) is 15.3. The zero-order chi connectivity index (χ0) is 11.5. The molecule has 2 rings (SSSR count). The van der Waals surface area contributed by atoms with Crippen LogP contribution >= 0.6 is 11.3 Å². The van der Waals surface area contributed by atoms with Gasteiger partial charge in [0.25, 0.3) is 0 Å². The maximum Gasteiger partial charge on any atom is 0.347 e. The van der Waals surface area contributed by atoms with Gasteiger partial charge in [0.05, 0.1) is 10.7 Å². The second-order valence-corrected chi connectivity index (χ2v) is 5.23. The molecule has 0 bridgehead atoms. The Balaban J connectivity index is 2.08. The first-order valence-corrected chi connectivity index (χ1v) is 6.47. The molecule has 1 aliphatic rings. The number of hydrogen-bond donors (Lipinski definition) is 2. The monoisotopic (exact) mass is 240 g/mol. The van der Waals surface area contributed by atoms with Crippen LogP contribution in [0.15, 0.2) is 0 Å². The van der Waals surface area contributed by atoms with Gasteiger partial charge in [-0.2, -0.15) is 0 Å². The number of carboxylic acids is 1. The summed E-state index contributed by atoms with van der Waals surface area (Å²) in [6, 6.07) is 0. The van der Waals surface area contributed by atoms with E-state index in [-0.39, 0.29) is 0 Å². The molecule has 1 fully saturated rings. The molecule has 1 aromatic rings. The summed E-state index contributed by atoms with van der Waals surface area (Å²) in [6.07, 6.45) is 5.00. The number of unbranched alkanes of at least 4 members (excludes halogenated alkanes) is 1. The Hall–Kier alpha value is -0.940. The van der Waals surface area contributed by atoms with E-state index in [4.69, 9.17) is 10.8 Å². The fraction of sp³-hybridized carbons (Fsp3) is 0.636. The molecule has 16 heavy (non-hydrogen) atoms. The summed E-state index contributed by atoms with van der Waals surface area (Å²) in [7, 11) is 0. The zero-order valence-corrected chi connectivity index (χ0v) is 9.92. The van der Waals surface area contributed by atoms with Crippen LogP contribution in [0.2, 0.25) is 0 Å². The van der Waals surface area contributed by atoms with Crippen molar-refractivity contribution >= 4 is 17.3 Å². The molecule has 0 spiro atoms. The summed E-state index contributed by atoms with van der Waals surface area (Å²) in [6.45, 7) is 0.687. The van der Waals surface area contributed by atoms with Gasteiger partial charge >= 0.3 is 5.97 Å². The van der Waals surface area contributed by atoms with Gasteiger partial charge in [0.1, 0.15) is 4.88 Å². The summed E-state index contributed by atoms with van der Waals surface area (Å²) in [5.41, 5.74) is 6.24. The van der Waals surface area contributed by atoms with Gasteiger partial charge in [-0.25, -0.2) is 9.78 Å². The molecule has 0 atom stereocenters. The van der Waals surface area contributed by atoms with Crippen molar-refractivity contribution in [3.8, 4) is 0 Å². The van der Waals surface area contributed by atoms with E-state index in [1.165, 1.54) is 11.3 Å². The van der Waals surface area contributed by atoms with Gasteiger partial charge in [-0.05, 0) is 38.6 Å². The third-order valence-electron chi connectivity index (χ3n) is 2.70. The number of hydrogen-bond acceptors (Lipinski definition) is 4. The second kappa shape index (κ2) is 4.93. The highest BCUT2D eigenvalue weighted by Crippen LogP contribution is 2.42. The van der Waals surface area contributed by atoms with E-state index in [0.29, 0.717) is 17.3 Å². The Morgan fingerprint density at radius 1 is 1.50 bits per heavy atom. The summed E-state index contributed by atoms with van der Waals surface area (Å²) in [5.74, 6) is -0.421. The third-order valence-corrected chi connectivity index (χ3v) is 3.82. The van der Waals surface area contributed by atoms with E-state index in [9.17, 15) is 4.79 Å². The van der Waals surface area contributed by atoms with Crippen molar-refractivity contribution in [2.24, 2.45) is 5.73 Å². The van der Waals surface area contributed by atoms with E-state index in [1.807, 2.05) is 0 Å². The van der Waals surface area contributed by atoms with Crippen LogP contribution in [0.5, 0.6) is 0 Å². The van der Waals surface area contributed by atoms with Crippen LogP contribution in [0, 0.1) is 0 Å². The van der Waals surface area contributed by atoms with Crippen molar-refractivity contribution in [2.75, 3.05) is 6.54 Å². The molecule has 0 aromatic carbocycles. The molecule has 4 nitrogen and oxygen atoms in total. The first-order chi connectivity index (χ1) is 7.72. The van der Waals surface area contributed by atoms with Crippen LogP contribution in [-0.4, -0.2) is 22.6 Å². The molecule has 88 valence electrons. The molecule has 0 aliphatic heterocycles. The van der Waals surface area contributed by atoms with Crippen molar-refractivity contribution in [1.29, 1.82) is 0 Å². The number of aromatic nitrogens is 1. The van der Waals surface area contributed by atoms with Gasteiger partial charge < -0.3 is 10.8 Å². The van der Waals surface area contributed by atoms with Crippen molar-refractivity contribution < 1.29 is 9.90 Å². The fourth-order valence-corrected chi connectivity index (χ4v) is 2.72. The molecule has 1 saturated carbocycles. The van der Waals surface area contributed by atoms with Crippen LogP contribution in [0.25, 0.3) is 0 Å². The van der Waals surface area contributed by atoms with Crippen molar-refractivity contribution in [3.05, 3.63) is 15.6 Å². The van der Waals surface area contributed by atoms with Crippen LogP contribution in [0.3, 0.4) is 0 Å². The molecule has 0 amide bonds. The van der Waals surface area contributed by atoms with Gasteiger partial charge in [-0.1, -0.05) is 0 Å². The zero-order valence-electron chi connectivity index (χ0n) is 9.11. The standard InChI is InChI=1S/C11H16N2O2S/c12-6-2-1-3-8-13-9(7-4-5-7)10(16-8)11(14)15/h7H,1-6,12H2,(H,14,15). The van der Waals surface area contributed by atoms with Crippen LogP contribution in [-0.2, 0) is 6.42 Å². The van der Waals surface area contributed by atoms with Gasteiger partial charge in [-0.3, -0.25) is 0 Å². The maximum atomic E-state index is 11.0. The first-order valence-electron chi connectivity index (χ1n) is 5.65. The molecule has 1 heterocycles. The van der Waals surface area contributed by atoms with Gasteiger partial charge in [0.15, 0.2) is 0 Å². The predicted octanol–water partition coefficient (Wildman–Crippen LogP) is 2.00. The molecular formula is C11H16N2O2S. The summed E-state index contributed by atoms with van der Waals surface area (Å²) >= 11 is 1.33. The number of carboxylic acid groups (broad SMARTS) is 1. The van der Waals surface area contributed by atoms with Crippen LogP contribution < -0.4 is 5.73 Å². The Bertz CT molecular complexity index is 385. The van der Waals surface area contributed by atoms with E-state index in [2.05, 4.69) is 4.98 Å². The number of carbonyl (C=O) groups is 1. The van der Waals surface area contributed by atoms with Crippen LogP contribution in [0.4, 0.5) is 0 Å². The van der Waals surface area contributed by atoms with E-state index >= 15 is 0 Å². The maximum absolute atomic E-state index is 11.0. The van der Waals surface area contributed by atoms with Crippen molar-refractivity contribution in [2.45, 2.75) is 38.0 Å². The van der Waals surface area contributed by atoms with E-state index in [0.717, 1.165) is 42.8 Å². The quantitative estimate of drug-likeness (QED) is 0.746. The molecule has 1 aliphatic carbocycles. The van der Waals surface area contributed by atoms with Crippen LogP contribution in [0.1, 0.15) is 52.0 Å². The van der Waals surface area contributed by atoms with E-state index in [1.54, 1.807) is 0 Å². The first kappa shape index (κ1) is 11.5. The van der Waals surface area contributed by atoms with Gasteiger partial charge in [0.2, 0.25) is 0 Å². The Kier molecular flexibility index (Phi) is 3.56. The SMILES string of the molecule is NCCCCc1nc(C2CC2)c(C(=O)O)s1. The molecule has 5 heteroatoms. The highest BCUT2D eigenvalue weighted by Gasteiger charge is 2.31. The molecule has 1 aromatic heterocycles. The third kappa shape index (κ3) is 2.59. The minimum Gasteiger partial charge on any atom is -0.477 e. The van der Waals surface area contributed by atoms with Crippen molar-refractivity contribution in [1.82, 2.24) is 4.98 Å². The fourth-order valence-electron chi connectivity index (χ4n) is 1.69. The Morgan fingerprint density at radius 3 is 2.81 bits per heavy atom. The average Bonchev–Trinajstić information content (AvgIpc) is 3.00. The van der Waals surface area contributed by atoms with Gasteiger partial charge in [0, 0.05) is 5.92 Å². The number of thiazole rings is 1. The molecule has 0 radical (unpaired) electrons. The molecule has 0 saturated heterocycles. The lowest BCUT2D eigenvalue weighted by Gasteiger charge is -1.93. The molecular weight excluding hydrogens is 224 g/mol. The lowest BCUT2D eigenvalue weighted by atomic mass is 10.2. The highest BCUT2D eigenvalue weighted by molar-refractivity contribution is 7.13.